The van der Waals surface area contributed by atoms with E-state index in [4.69, 9.17) is 20.6 Å². The molecule has 0 atom stereocenters. The van der Waals surface area contributed by atoms with Crippen molar-refractivity contribution in [2.45, 2.75) is 51.9 Å². The van der Waals surface area contributed by atoms with Crippen LogP contribution in [0, 0.1) is 0 Å². The molecule has 1 heterocycles. The SMILES string of the molecule is C=CCn1c(N)nc2cc(C(N)=O)cc(OCCCO[Si](C)(C)C(C)(C)C)c21. The number of amides is 1. The Balaban J connectivity index is 2.16. The van der Waals surface area contributed by atoms with Gasteiger partial charge in [0, 0.05) is 25.1 Å². The van der Waals surface area contributed by atoms with Crippen molar-refractivity contribution in [3.63, 3.8) is 0 Å². The zero-order chi connectivity index (χ0) is 21.1. The summed E-state index contributed by atoms with van der Waals surface area (Å²) >= 11 is 0. The second-order valence-electron chi connectivity index (χ2n) is 8.39. The van der Waals surface area contributed by atoms with Gasteiger partial charge in [0.1, 0.15) is 11.3 Å². The van der Waals surface area contributed by atoms with Crippen molar-refractivity contribution < 1.29 is 14.0 Å². The van der Waals surface area contributed by atoms with Crippen LogP contribution in [0.15, 0.2) is 24.8 Å². The second-order valence-corrected chi connectivity index (χ2v) is 13.2. The number of hydrogen-bond donors (Lipinski definition) is 2. The Kier molecular flexibility index (Phi) is 6.56. The molecule has 0 aliphatic rings. The van der Waals surface area contributed by atoms with E-state index in [-0.39, 0.29) is 5.04 Å². The van der Waals surface area contributed by atoms with Gasteiger partial charge in [-0.25, -0.2) is 4.98 Å². The van der Waals surface area contributed by atoms with Crippen molar-refractivity contribution in [1.29, 1.82) is 0 Å². The number of imidazole rings is 1. The summed E-state index contributed by atoms with van der Waals surface area (Å²) in [4.78, 5) is 16.0. The van der Waals surface area contributed by atoms with Crippen LogP contribution in [-0.4, -0.2) is 37.0 Å². The van der Waals surface area contributed by atoms with E-state index in [0.717, 1.165) is 11.9 Å². The number of aromatic nitrogens is 2. The first-order valence-corrected chi connectivity index (χ1v) is 12.4. The maximum Gasteiger partial charge on any atom is 0.248 e. The van der Waals surface area contributed by atoms with Crippen molar-refractivity contribution in [2.75, 3.05) is 18.9 Å². The van der Waals surface area contributed by atoms with Crippen molar-refractivity contribution in [3.05, 3.63) is 30.4 Å². The molecular formula is C20H32N4O3Si. The highest BCUT2D eigenvalue weighted by Crippen LogP contribution is 2.36. The van der Waals surface area contributed by atoms with Gasteiger partial charge in [-0.1, -0.05) is 26.8 Å². The number of allylic oxidation sites excluding steroid dienone is 1. The number of nitrogens with zero attached hydrogens (tertiary/aromatic N) is 2. The number of ether oxygens (including phenoxy) is 1. The first-order valence-electron chi connectivity index (χ1n) is 9.45. The third-order valence-electron chi connectivity index (χ3n) is 5.25. The van der Waals surface area contributed by atoms with E-state index in [9.17, 15) is 4.79 Å². The van der Waals surface area contributed by atoms with Gasteiger partial charge in [0.25, 0.3) is 0 Å². The summed E-state index contributed by atoms with van der Waals surface area (Å²) in [5, 5.41) is 0.171. The average molecular weight is 405 g/mol. The predicted molar refractivity (Wildman–Crippen MR) is 116 cm³/mol. The molecule has 1 amide bonds. The van der Waals surface area contributed by atoms with Crippen LogP contribution < -0.4 is 16.2 Å². The molecule has 0 aliphatic carbocycles. The normalized spacial score (nSPS) is 12.3. The lowest BCUT2D eigenvalue weighted by Gasteiger charge is -2.36. The monoisotopic (exact) mass is 404 g/mol. The van der Waals surface area contributed by atoms with Gasteiger partial charge >= 0.3 is 0 Å². The molecule has 28 heavy (non-hydrogen) atoms. The Morgan fingerprint density at radius 3 is 2.57 bits per heavy atom. The second kappa shape index (κ2) is 8.36. The van der Waals surface area contributed by atoms with E-state index in [1.165, 1.54) is 0 Å². The van der Waals surface area contributed by atoms with Crippen molar-refractivity contribution in [3.8, 4) is 5.75 Å². The van der Waals surface area contributed by atoms with Gasteiger partial charge in [-0.15, -0.1) is 6.58 Å². The van der Waals surface area contributed by atoms with Gasteiger partial charge in [0.05, 0.1) is 12.1 Å². The van der Waals surface area contributed by atoms with E-state index in [1.807, 2.05) is 0 Å². The minimum absolute atomic E-state index is 0.171. The molecule has 0 unspecified atom stereocenters. The highest BCUT2D eigenvalue weighted by molar-refractivity contribution is 6.74. The first kappa shape index (κ1) is 22.0. The number of hydrogen-bond acceptors (Lipinski definition) is 5. The number of nitrogens with two attached hydrogens (primary N) is 2. The molecule has 8 heteroatoms. The summed E-state index contributed by atoms with van der Waals surface area (Å²) in [5.74, 6) is 0.331. The molecule has 2 rings (SSSR count). The van der Waals surface area contributed by atoms with Gasteiger partial charge < -0.3 is 25.2 Å². The molecule has 1 aromatic heterocycles. The third kappa shape index (κ3) is 4.74. The molecule has 0 bridgehead atoms. The number of carbonyl (C=O) groups is 1. The van der Waals surface area contributed by atoms with E-state index in [1.54, 1.807) is 22.8 Å². The van der Waals surface area contributed by atoms with Crippen LogP contribution in [0.1, 0.15) is 37.6 Å². The smallest absolute Gasteiger partial charge is 0.248 e. The van der Waals surface area contributed by atoms with Crippen LogP contribution in [0.25, 0.3) is 11.0 Å². The molecule has 0 fully saturated rings. The highest BCUT2D eigenvalue weighted by Gasteiger charge is 2.36. The molecule has 1 aromatic carbocycles. The molecule has 0 spiro atoms. The number of carbonyl (C=O) groups excluding carboxylic acids is 1. The van der Waals surface area contributed by atoms with Gasteiger partial charge in [-0.2, -0.15) is 0 Å². The molecule has 154 valence electrons. The van der Waals surface area contributed by atoms with E-state index >= 15 is 0 Å². The molecule has 0 saturated carbocycles. The minimum Gasteiger partial charge on any atom is -0.491 e. The topological polar surface area (TPSA) is 105 Å². The molecule has 0 saturated heterocycles. The standard InChI is InChI=1S/C20H32N4O3Si/c1-7-9-24-17-15(23-19(24)22)12-14(18(21)25)13-16(17)26-10-8-11-27-28(5,6)20(2,3)4/h7,12-13H,1,8-11H2,2-6H3,(H2,21,25)(H2,22,23). The number of nitrogen functional groups attached to an aromatic ring is 1. The fourth-order valence-electron chi connectivity index (χ4n) is 2.60. The number of anilines is 1. The van der Waals surface area contributed by atoms with E-state index < -0.39 is 14.2 Å². The number of benzene rings is 1. The van der Waals surface area contributed by atoms with Gasteiger partial charge in [0.2, 0.25) is 11.9 Å². The van der Waals surface area contributed by atoms with E-state index in [2.05, 4.69) is 45.4 Å². The molecule has 2 aromatic rings. The summed E-state index contributed by atoms with van der Waals surface area (Å²) in [6.07, 6.45) is 2.47. The molecule has 0 radical (unpaired) electrons. The summed E-state index contributed by atoms with van der Waals surface area (Å²) in [7, 11) is -1.78. The zero-order valence-electron chi connectivity index (χ0n) is 17.5. The van der Waals surface area contributed by atoms with Crippen molar-refractivity contribution >= 4 is 31.2 Å². The first-order chi connectivity index (χ1) is 13.0. The number of primary amides is 1. The summed E-state index contributed by atoms with van der Waals surface area (Å²) in [6, 6.07) is 3.26. The maximum atomic E-state index is 11.7. The van der Waals surface area contributed by atoms with Crippen LogP contribution in [0.3, 0.4) is 0 Å². The lowest BCUT2D eigenvalue weighted by atomic mass is 10.1. The average Bonchev–Trinajstić information content (AvgIpc) is 2.89. The Labute approximate surface area is 167 Å². The van der Waals surface area contributed by atoms with Crippen molar-refractivity contribution in [1.82, 2.24) is 9.55 Å². The van der Waals surface area contributed by atoms with E-state index in [0.29, 0.717) is 42.5 Å². The van der Waals surface area contributed by atoms with Gasteiger partial charge in [-0.3, -0.25) is 4.79 Å². The van der Waals surface area contributed by atoms with Gasteiger partial charge in [-0.05, 0) is 30.3 Å². The lowest BCUT2D eigenvalue weighted by Crippen LogP contribution is -2.41. The quantitative estimate of drug-likeness (QED) is 0.377. The molecule has 0 aliphatic heterocycles. The minimum atomic E-state index is -1.78. The number of rotatable bonds is 9. The molecular weight excluding hydrogens is 372 g/mol. The van der Waals surface area contributed by atoms with Crippen LogP contribution >= 0.6 is 0 Å². The van der Waals surface area contributed by atoms with Crippen LogP contribution in [0.2, 0.25) is 18.1 Å². The largest absolute Gasteiger partial charge is 0.491 e. The Hall–Kier alpha value is -2.32. The fraction of sp³-hybridized carbons (Fsp3) is 0.500. The lowest BCUT2D eigenvalue weighted by molar-refractivity contribution is 0.1000. The predicted octanol–water partition coefficient (Wildman–Crippen LogP) is 3.69. The van der Waals surface area contributed by atoms with Crippen LogP contribution in [-0.2, 0) is 11.0 Å². The van der Waals surface area contributed by atoms with Crippen LogP contribution in [0.4, 0.5) is 5.95 Å². The summed E-state index contributed by atoms with van der Waals surface area (Å²) in [6.45, 7) is 16.4. The molecule has 4 N–H and O–H groups in total. The maximum absolute atomic E-state index is 11.7. The van der Waals surface area contributed by atoms with Gasteiger partial charge in [0.15, 0.2) is 8.32 Å². The zero-order valence-corrected chi connectivity index (χ0v) is 18.5. The summed E-state index contributed by atoms with van der Waals surface area (Å²) < 4.78 is 14.0. The Bertz CT molecular complexity index is 868. The number of fused-ring (bicyclic) bond motifs is 1. The summed E-state index contributed by atoms with van der Waals surface area (Å²) in [5.41, 5.74) is 13.1. The van der Waals surface area contributed by atoms with Crippen molar-refractivity contribution in [2.24, 2.45) is 5.73 Å². The third-order valence-corrected chi connectivity index (χ3v) is 9.79. The fourth-order valence-corrected chi connectivity index (χ4v) is 3.69. The molecule has 7 nitrogen and oxygen atoms in total. The Morgan fingerprint density at radius 1 is 1.32 bits per heavy atom. The van der Waals surface area contributed by atoms with Crippen LogP contribution in [0.5, 0.6) is 5.75 Å². The highest BCUT2D eigenvalue weighted by atomic mass is 28.4. The Morgan fingerprint density at radius 2 is 2.00 bits per heavy atom.